The van der Waals surface area contributed by atoms with Crippen LogP contribution in [0.25, 0.3) is 22.9 Å². The van der Waals surface area contributed by atoms with Gasteiger partial charge in [-0.15, -0.1) is 0 Å². The summed E-state index contributed by atoms with van der Waals surface area (Å²) in [6.07, 6.45) is 18.0. The molecule has 0 aliphatic rings. The maximum Gasteiger partial charge on any atom is 0.296 e. The summed E-state index contributed by atoms with van der Waals surface area (Å²) in [5.41, 5.74) is -0.545. The molecule has 0 unspecified atom stereocenters. The summed E-state index contributed by atoms with van der Waals surface area (Å²) in [6.45, 7) is 4.34. The van der Waals surface area contributed by atoms with Crippen molar-refractivity contribution in [2.75, 3.05) is 0 Å². The van der Waals surface area contributed by atoms with E-state index in [0.717, 1.165) is 93.3 Å². The van der Waals surface area contributed by atoms with E-state index >= 15 is 0 Å². The van der Waals surface area contributed by atoms with E-state index in [1.165, 1.54) is 38.2 Å². The van der Waals surface area contributed by atoms with Crippen LogP contribution in [0.15, 0.2) is 80.2 Å². The summed E-state index contributed by atoms with van der Waals surface area (Å²) < 4.78 is 133. The average Bonchev–Trinajstić information content (AvgIpc) is 3.20. The molecule has 0 radical (unpaired) electrons. The van der Waals surface area contributed by atoms with Crippen LogP contribution in [0, 0.1) is 20.2 Å². The van der Waals surface area contributed by atoms with Gasteiger partial charge in [0, 0.05) is 17.5 Å². The third-order valence-corrected chi connectivity index (χ3v) is 14.1. The first kappa shape index (κ1) is 53.7. The zero-order chi connectivity index (χ0) is 47.9. The molecule has 0 atom stereocenters. The van der Waals surface area contributed by atoms with E-state index < -0.39 is 81.3 Å². The van der Waals surface area contributed by atoms with Gasteiger partial charge in [-0.25, -0.2) is 0 Å². The fourth-order valence-corrected chi connectivity index (χ4v) is 10.6. The maximum atomic E-state index is 12.6. The average molecular weight is 971 g/mol. The van der Waals surface area contributed by atoms with Gasteiger partial charge < -0.3 is 0 Å². The highest BCUT2D eigenvalue weighted by Gasteiger charge is 2.32. The first-order valence-electron chi connectivity index (χ1n) is 20.6. The number of nitro groups is 2. The molecule has 0 saturated carbocycles. The van der Waals surface area contributed by atoms with Crippen LogP contribution in [0.3, 0.4) is 0 Å². The van der Waals surface area contributed by atoms with Crippen molar-refractivity contribution in [3.05, 3.63) is 103 Å². The number of fused-ring (bicyclic) bond motifs is 1. The highest BCUT2D eigenvalue weighted by Crippen LogP contribution is 2.38. The monoisotopic (exact) mass is 970 g/mol. The Hall–Kier alpha value is -4.68. The van der Waals surface area contributed by atoms with Crippen molar-refractivity contribution in [1.29, 1.82) is 0 Å². The molecule has 0 saturated heterocycles. The number of nitro benzene ring substituents is 2. The molecular weight excluding hydrogens is 917 g/mol. The lowest BCUT2D eigenvalue weighted by molar-refractivity contribution is -0.385. The number of hydrogen-bond acceptors (Lipinski definition) is 12. The summed E-state index contributed by atoms with van der Waals surface area (Å²) in [7, 11) is -19.2. The molecule has 352 valence electrons. The largest absolute Gasteiger partial charge is 0.296 e. The Morgan fingerprint density at radius 3 is 1.19 bits per heavy atom. The zero-order valence-electron chi connectivity index (χ0n) is 35.5. The second-order valence-corrected chi connectivity index (χ2v) is 20.7. The van der Waals surface area contributed by atoms with Crippen LogP contribution in [0.5, 0.6) is 0 Å². The topological polar surface area (TPSA) is 304 Å². The second-order valence-electron chi connectivity index (χ2n) is 15.1. The molecule has 64 heavy (non-hydrogen) atoms. The zero-order valence-corrected chi connectivity index (χ0v) is 38.7. The SMILES string of the molecule is CCCCCCCCCc1c(S(=O)(=O)O)c(S(=O)(=O)O)c2ccccc2c1CCCCCCCCC.O=[N+]([O-])c1cc(S(=O)(=O)O)ccc1C=Cc1ccc(S(=O)(=O)O)cc1[N+](=O)[O-]. The molecule has 4 rings (SSSR count). The van der Waals surface area contributed by atoms with Gasteiger partial charge in [0.2, 0.25) is 0 Å². The molecule has 0 aliphatic heterocycles. The summed E-state index contributed by atoms with van der Waals surface area (Å²) >= 11 is 0. The quantitative estimate of drug-likeness (QED) is 0.0167. The minimum Gasteiger partial charge on any atom is -0.282 e. The Kier molecular flexibility index (Phi) is 20.1. The molecule has 0 amide bonds. The fourth-order valence-electron chi connectivity index (χ4n) is 7.25. The molecule has 0 bridgehead atoms. The summed E-state index contributed by atoms with van der Waals surface area (Å²) in [5, 5.41) is 23.0. The van der Waals surface area contributed by atoms with E-state index in [4.69, 9.17) is 9.11 Å². The number of aryl methyl sites for hydroxylation is 1. The van der Waals surface area contributed by atoms with Crippen molar-refractivity contribution in [1.82, 2.24) is 0 Å². The molecule has 4 aromatic carbocycles. The van der Waals surface area contributed by atoms with Gasteiger partial charge in [-0.1, -0.05) is 115 Å². The maximum absolute atomic E-state index is 12.6. The first-order chi connectivity index (χ1) is 29.9. The van der Waals surface area contributed by atoms with Crippen LogP contribution < -0.4 is 0 Å². The predicted octanol–water partition coefficient (Wildman–Crippen LogP) is 10.1. The third-order valence-electron chi connectivity index (χ3n) is 10.4. The van der Waals surface area contributed by atoms with Crippen LogP contribution in [0.2, 0.25) is 0 Å². The predicted molar refractivity (Wildman–Crippen MR) is 242 cm³/mol. The van der Waals surface area contributed by atoms with Gasteiger partial charge in [-0.3, -0.25) is 38.4 Å². The van der Waals surface area contributed by atoms with Crippen molar-refractivity contribution in [2.45, 2.75) is 136 Å². The van der Waals surface area contributed by atoms with Crippen LogP contribution in [-0.2, 0) is 53.3 Å². The lowest BCUT2D eigenvalue weighted by Crippen LogP contribution is -2.15. The Bertz CT molecular complexity index is 2680. The Labute approximate surface area is 374 Å². The molecule has 4 aromatic rings. The van der Waals surface area contributed by atoms with Crippen molar-refractivity contribution < 1.29 is 61.7 Å². The van der Waals surface area contributed by atoms with E-state index in [1.54, 1.807) is 18.2 Å². The van der Waals surface area contributed by atoms with Gasteiger partial charge >= 0.3 is 0 Å². The minimum atomic E-state index is -4.91. The van der Waals surface area contributed by atoms with E-state index in [2.05, 4.69) is 13.8 Å². The van der Waals surface area contributed by atoms with Crippen molar-refractivity contribution in [2.24, 2.45) is 0 Å². The van der Waals surface area contributed by atoms with E-state index in [1.807, 2.05) is 0 Å². The molecular formula is C42H54N2O16S4. The summed E-state index contributed by atoms with van der Waals surface area (Å²) in [6, 6.07) is 11.7. The van der Waals surface area contributed by atoms with Crippen molar-refractivity contribution >= 4 is 74.8 Å². The standard InChI is InChI=1S/C28H44O6S2.C14H10N2O10S2/c1-3-5-7-9-11-13-15-19-23-24-20-17-18-22-26(24)28(36(32,33)34)27(35(29,30)31)25(23)21-16-14-12-10-8-6-4-2;17-15(18)13-7-11(27(21,22)23)5-3-9(13)1-2-10-4-6-12(28(24,25)26)8-14(10)16(19)20/h17-18,20,22H,3-16,19,21H2,1-2H3,(H,29,30,31)(H,32,33,34);1-8H,(H,21,22,23)(H,24,25,26). The van der Waals surface area contributed by atoms with Crippen LogP contribution in [0.4, 0.5) is 11.4 Å². The summed E-state index contributed by atoms with van der Waals surface area (Å²) in [4.78, 5) is 17.7. The molecule has 0 aromatic heterocycles. The first-order valence-corrected chi connectivity index (χ1v) is 26.4. The van der Waals surface area contributed by atoms with Gasteiger partial charge in [0.15, 0.2) is 0 Å². The van der Waals surface area contributed by atoms with Gasteiger partial charge in [-0.05, 0) is 78.6 Å². The number of hydrogen-bond donors (Lipinski definition) is 4. The Balaban J connectivity index is 0.000000351. The van der Waals surface area contributed by atoms with Gasteiger partial charge in [0.25, 0.3) is 51.8 Å². The van der Waals surface area contributed by atoms with Crippen LogP contribution in [0.1, 0.15) is 126 Å². The molecule has 0 heterocycles. The summed E-state index contributed by atoms with van der Waals surface area (Å²) in [5.74, 6) is 0. The van der Waals surface area contributed by atoms with E-state index in [0.29, 0.717) is 42.3 Å². The molecule has 0 aliphatic carbocycles. The Morgan fingerprint density at radius 2 is 0.828 bits per heavy atom. The molecule has 0 spiro atoms. The lowest BCUT2D eigenvalue weighted by Gasteiger charge is -2.20. The van der Waals surface area contributed by atoms with Gasteiger partial charge in [0.05, 0.1) is 21.0 Å². The molecule has 22 heteroatoms. The highest BCUT2D eigenvalue weighted by molar-refractivity contribution is 7.89. The van der Waals surface area contributed by atoms with Crippen molar-refractivity contribution in [3.8, 4) is 0 Å². The normalized spacial score (nSPS) is 12.3. The highest BCUT2D eigenvalue weighted by atomic mass is 32.2. The van der Waals surface area contributed by atoms with Gasteiger partial charge in [-0.2, -0.15) is 33.7 Å². The smallest absolute Gasteiger partial charge is 0.282 e. The number of nitrogens with zero attached hydrogens (tertiary/aromatic N) is 2. The van der Waals surface area contributed by atoms with E-state index in [-0.39, 0.29) is 16.5 Å². The lowest BCUT2D eigenvalue weighted by atomic mass is 9.91. The third kappa shape index (κ3) is 15.8. The number of rotatable bonds is 24. The van der Waals surface area contributed by atoms with E-state index in [9.17, 15) is 63.0 Å². The second kappa shape index (κ2) is 24.0. The van der Waals surface area contributed by atoms with Crippen molar-refractivity contribution in [3.63, 3.8) is 0 Å². The Morgan fingerprint density at radius 1 is 0.469 bits per heavy atom. The fraction of sp³-hybridized carbons (Fsp3) is 0.429. The molecule has 0 fully saturated rings. The minimum absolute atomic E-state index is 0.133. The molecule has 4 N–H and O–H groups in total. The molecule has 18 nitrogen and oxygen atoms in total. The number of unbranched alkanes of at least 4 members (excludes halogenated alkanes) is 12. The van der Waals surface area contributed by atoms with Crippen LogP contribution >= 0.6 is 0 Å². The van der Waals surface area contributed by atoms with Gasteiger partial charge in [0.1, 0.15) is 19.6 Å². The number of benzene rings is 4. The van der Waals surface area contributed by atoms with Crippen LogP contribution in [-0.4, -0.2) is 61.7 Å².